The summed E-state index contributed by atoms with van der Waals surface area (Å²) in [6.07, 6.45) is 1.91. The number of benzene rings is 2. The molecule has 0 saturated carbocycles. The van der Waals surface area contributed by atoms with Gasteiger partial charge in [0.25, 0.3) is 0 Å². The summed E-state index contributed by atoms with van der Waals surface area (Å²) in [6.45, 7) is 5.38. The van der Waals surface area contributed by atoms with Gasteiger partial charge in [0.05, 0.1) is 0 Å². The maximum Gasteiger partial charge on any atom is 0.137 e. The molecule has 2 aromatic carbocycles. The van der Waals surface area contributed by atoms with E-state index in [0.717, 1.165) is 62.6 Å². The highest BCUT2D eigenvalue weighted by atomic mass is 19.1. The van der Waals surface area contributed by atoms with Gasteiger partial charge in [0.1, 0.15) is 17.3 Å². The SMILES string of the molecule is Fc1ccc(-c2cc(CCCN3CCN(c4ccccc4)CC3)on2)cc1. The van der Waals surface area contributed by atoms with Crippen LogP contribution in [0.1, 0.15) is 12.2 Å². The third-order valence-electron chi connectivity index (χ3n) is 5.09. The quantitative estimate of drug-likeness (QED) is 0.654. The Balaban J connectivity index is 1.22. The molecule has 0 N–H and O–H groups in total. The average Bonchev–Trinajstić information content (AvgIpc) is 3.19. The molecule has 0 radical (unpaired) electrons. The molecule has 0 atom stereocenters. The van der Waals surface area contributed by atoms with E-state index in [4.69, 9.17) is 4.52 Å². The van der Waals surface area contributed by atoms with E-state index in [1.807, 2.05) is 6.07 Å². The normalized spacial score (nSPS) is 15.2. The Labute approximate surface area is 159 Å². The van der Waals surface area contributed by atoms with Gasteiger partial charge in [-0.25, -0.2) is 4.39 Å². The Morgan fingerprint density at radius 1 is 0.926 bits per heavy atom. The second kappa shape index (κ2) is 8.35. The number of piperazine rings is 1. The Hall–Kier alpha value is -2.66. The minimum Gasteiger partial charge on any atom is -0.369 e. The zero-order valence-electron chi connectivity index (χ0n) is 15.4. The Kier molecular flexibility index (Phi) is 5.49. The predicted molar refractivity (Wildman–Crippen MR) is 105 cm³/mol. The van der Waals surface area contributed by atoms with Crippen LogP contribution in [0, 0.1) is 5.82 Å². The molecule has 0 spiro atoms. The summed E-state index contributed by atoms with van der Waals surface area (Å²) < 4.78 is 18.5. The first kappa shape index (κ1) is 17.7. The number of anilines is 1. The zero-order chi connectivity index (χ0) is 18.5. The minimum atomic E-state index is -0.241. The Bertz CT molecular complexity index is 840. The maximum atomic E-state index is 13.0. The van der Waals surface area contributed by atoms with Crippen LogP contribution in [0.5, 0.6) is 0 Å². The number of halogens is 1. The maximum absolute atomic E-state index is 13.0. The van der Waals surface area contributed by atoms with E-state index < -0.39 is 0 Å². The van der Waals surface area contributed by atoms with Crippen molar-refractivity contribution in [1.82, 2.24) is 10.1 Å². The summed E-state index contributed by atoms with van der Waals surface area (Å²) in [4.78, 5) is 4.96. The lowest BCUT2D eigenvalue weighted by Gasteiger charge is -2.36. The van der Waals surface area contributed by atoms with E-state index in [0.29, 0.717) is 0 Å². The number of hydrogen-bond donors (Lipinski definition) is 0. The molecule has 1 aromatic heterocycles. The summed E-state index contributed by atoms with van der Waals surface area (Å²) >= 11 is 0. The summed E-state index contributed by atoms with van der Waals surface area (Å²) in [7, 11) is 0. The van der Waals surface area contributed by atoms with Gasteiger partial charge in [-0.1, -0.05) is 23.4 Å². The monoisotopic (exact) mass is 365 g/mol. The fraction of sp³-hybridized carbons (Fsp3) is 0.318. The molecule has 3 aromatic rings. The molecule has 0 amide bonds. The lowest BCUT2D eigenvalue weighted by atomic mass is 10.1. The van der Waals surface area contributed by atoms with Gasteiger partial charge in [0.15, 0.2) is 0 Å². The molecule has 1 fully saturated rings. The Morgan fingerprint density at radius 2 is 1.67 bits per heavy atom. The fourth-order valence-electron chi connectivity index (χ4n) is 3.53. The van der Waals surface area contributed by atoms with Gasteiger partial charge in [-0.05, 0) is 49.4 Å². The molecular weight excluding hydrogens is 341 g/mol. The molecule has 1 aliphatic heterocycles. The number of para-hydroxylation sites is 1. The third-order valence-corrected chi connectivity index (χ3v) is 5.09. The smallest absolute Gasteiger partial charge is 0.137 e. The van der Waals surface area contributed by atoms with Crippen molar-refractivity contribution in [2.75, 3.05) is 37.6 Å². The summed E-state index contributed by atoms with van der Waals surface area (Å²) in [6, 6.07) is 18.9. The molecule has 1 saturated heterocycles. The molecule has 27 heavy (non-hydrogen) atoms. The highest BCUT2D eigenvalue weighted by Crippen LogP contribution is 2.20. The molecule has 2 heterocycles. The second-order valence-corrected chi connectivity index (χ2v) is 6.95. The first-order valence-electron chi connectivity index (χ1n) is 9.52. The Morgan fingerprint density at radius 3 is 2.41 bits per heavy atom. The van der Waals surface area contributed by atoms with Crippen LogP contribution in [0.15, 0.2) is 65.2 Å². The number of rotatable bonds is 6. The average molecular weight is 365 g/mol. The van der Waals surface area contributed by atoms with Gasteiger partial charge in [0, 0.05) is 49.9 Å². The van der Waals surface area contributed by atoms with Crippen LogP contribution in [0.2, 0.25) is 0 Å². The number of nitrogens with zero attached hydrogens (tertiary/aromatic N) is 3. The first-order valence-corrected chi connectivity index (χ1v) is 9.52. The molecular formula is C22H24FN3O. The molecule has 0 aliphatic carbocycles. The van der Waals surface area contributed by atoms with Crippen LogP contribution in [0.4, 0.5) is 10.1 Å². The van der Waals surface area contributed by atoms with Crippen LogP contribution in [-0.4, -0.2) is 42.8 Å². The van der Waals surface area contributed by atoms with E-state index in [1.54, 1.807) is 12.1 Å². The van der Waals surface area contributed by atoms with Gasteiger partial charge in [-0.3, -0.25) is 4.90 Å². The standard InChI is InChI=1S/C22H24FN3O/c23-19-10-8-18(9-11-19)22-17-21(27-24-22)7-4-12-25-13-15-26(16-14-25)20-5-2-1-3-6-20/h1-3,5-6,8-11,17H,4,7,12-16H2. The molecule has 4 rings (SSSR count). The van der Waals surface area contributed by atoms with E-state index in [1.165, 1.54) is 17.8 Å². The largest absolute Gasteiger partial charge is 0.369 e. The van der Waals surface area contributed by atoms with Crippen molar-refractivity contribution in [2.24, 2.45) is 0 Å². The van der Waals surface area contributed by atoms with E-state index in [9.17, 15) is 4.39 Å². The van der Waals surface area contributed by atoms with Gasteiger partial charge in [0.2, 0.25) is 0 Å². The van der Waals surface area contributed by atoms with Crippen LogP contribution >= 0.6 is 0 Å². The third kappa shape index (κ3) is 4.55. The molecule has 0 unspecified atom stereocenters. The number of hydrogen-bond acceptors (Lipinski definition) is 4. The second-order valence-electron chi connectivity index (χ2n) is 6.95. The van der Waals surface area contributed by atoms with Crippen molar-refractivity contribution in [3.63, 3.8) is 0 Å². The molecule has 0 bridgehead atoms. The van der Waals surface area contributed by atoms with Gasteiger partial charge < -0.3 is 9.42 Å². The fourth-order valence-corrected chi connectivity index (χ4v) is 3.53. The van der Waals surface area contributed by atoms with E-state index in [-0.39, 0.29) is 5.82 Å². The molecule has 5 heteroatoms. The predicted octanol–water partition coefficient (Wildman–Crippen LogP) is 4.24. The van der Waals surface area contributed by atoms with E-state index in [2.05, 4.69) is 45.3 Å². The van der Waals surface area contributed by atoms with Crippen molar-refractivity contribution >= 4 is 5.69 Å². The summed E-state index contributed by atoms with van der Waals surface area (Å²) in [5.74, 6) is 0.645. The van der Waals surface area contributed by atoms with Crippen LogP contribution in [-0.2, 0) is 6.42 Å². The minimum absolute atomic E-state index is 0.241. The van der Waals surface area contributed by atoms with Crippen molar-refractivity contribution in [3.05, 3.63) is 72.2 Å². The first-order chi connectivity index (χ1) is 13.3. The van der Waals surface area contributed by atoms with Gasteiger partial charge in [-0.15, -0.1) is 0 Å². The lowest BCUT2D eigenvalue weighted by molar-refractivity contribution is 0.251. The number of aryl methyl sites for hydroxylation is 1. The van der Waals surface area contributed by atoms with Crippen molar-refractivity contribution in [3.8, 4) is 11.3 Å². The molecule has 1 aliphatic rings. The topological polar surface area (TPSA) is 32.5 Å². The highest BCUT2D eigenvalue weighted by Gasteiger charge is 2.17. The van der Waals surface area contributed by atoms with Crippen LogP contribution in [0.3, 0.4) is 0 Å². The van der Waals surface area contributed by atoms with Crippen molar-refractivity contribution in [1.29, 1.82) is 0 Å². The van der Waals surface area contributed by atoms with Crippen LogP contribution < -0.4 is 4.90 Å². The number of aromatic nitrogens is 1. The van der Waals surface area contributed by atoms with Gasteiger partial charge >= 0.3 is 0 Å². The van der Waals surface area contributed by atoms with Gasteiger partial charge in [-0.2, -0.15) is 0 Å². The zero-order valence-corrected chi connectivity index (χ0v) is 15.4. The summed E-state index contributed by atoms with van der Waals surface area (Å²) in [5.41, 5.74) is 2.96. The molecule has 140 valence electrons. The van der Waals surface area contributed by atoms with E-state index >= 15 is 0 Å². The molecule has 4 nitrogen and oxygen atoms in total. The van der Waals surface area contributed by atoms with Crippen molar-refractivity contribution < 1.29 is 8.91 Å². The summed E-state index contributed by atoms with van der Waals surface area (Å²) in [5, 5.41) is 4.11. The van der Waals surface area contributed by atoms with Crippen molar-refractivity contribution in [2.45, 2.75) is 12.8 Å². The highest BCUT2D eigenvalue weighted by molar-refractivity contribution is 5.58. The van der Waals surface area contributed by atoms with Crippen LogP contribution in [0.25, 0.3) is 11.3 Å². The lowest BCUT2D eigenvalue weighted by Crippen LogP contribution is -2.46.